The first-order chi connectivity index (χ1) is 16.5. The number of carbonyl (C=O) groups excluding carboxylic acids is 1. The Labute approximate surface area is 203 Å². The second-order valence-corrected chi connectivity index (χ2v) is 9.15. The Kier molecular flexibility index (Phi) is 6.69. The molecule has 2 unspecified atom stereocenters. The molecule has 186 valence electrons. The van der Waals surface area contributed by atoms with E-state index in [9.17, 15) is 22.4 Å². The number of benzene rings is 2. The number of amides is 2. The summed E-state index contributed by atoms with van der Waals surface area (Å²) in [5, 5.41) is 3.28. The van der Waals surface area contributed by atoms with Crippen molar-refractivity contribution in [1.82, 2.24) is 14.3 Å². The third-order valence-corrected chi connectivity index (χ3v) is 7.10. The molecule has 4 rings (SSSR count). The van der Waals surface area contributed by atoms with E-state index in [4.69, 9.17) is 10.5 Å². The third-order valence-electron chi connectivity index (χ3n) is 6.23. The third kappa shape index (κ3) is 4.80. The van der Waals surface area contributed by atoms with E-state index in [0.29, 0.717) is 29.1 Å². The summed E-state index contributed by atoms with van der Waals surface area (Å²) in [7, 11) is 1.34. The smallest absolute Gasteiger partial charge is 0.407 e. The minimum atomic E-state index is -4.64. The maximum atomic E-state index is 14.4. The molecule has 3 N–H and O–H groups in total. The Hall–Kier alpha value is -3.25. The Bertz CT molecular complexity index is 1220. The van der Waals surface area contributed by atoms with Gasteiger partial charge in [-0.05, 0) is 59.8 Å². The van der Waals surface area contributed by atoms with Gasteiger partial charge in [0.1, 0.15) is 28.9 Å². The number of rotatable bonds is 5. The number of aromatic nitrogens is 2. The predicted octanol–water partition coefficient (Wildman–Crippen LogP) is 4.78. The lowest BCUT2D eigenvalue weighted by molar-refractivity contribution is -0.149. The van der Waals surface area contributed by atoms with Crippen molar-refractivity contribution < 1.29 is 27.1 Å². The quantitative estimate of drug-likeness (QED) is 0.483. The van der Waals surface area contributed by atoms with Gasteiger partial charge in [-0.15, -0.1) is 0 Å². The van der Waals surface area contributed by atoms with Crippen LogP contribution in [0, 0.1) is 12.7 Å². The molecule has 0 spiro atoms. The number of nitrogens with two attached hydrogens (primary N) is 1. The Morgan fingerprint density at radius 2 is 2.06 bits per heavy atom. The van der Waals surface area contributed by atoms with E-state index in [-0.39, 0.29) is 29.4 Å². The van der Waals surface area contributed by atoms with Gasteiger partial charge >= 0.3 is 12.2 Å². The zero-order chi connectivity index (χ0) is 25.4. The standard InChI is InChI=1S/C23H23F4N5O2S/c1-13-3-5-15(10-16(13)24)22(20-29-12-30-35-20)7-8-32(11-22)21(33)31-17-9-14(4-6-18(17)34-2)19(28)23(25,26)27/h3-6,9-10,12,19H,7-8,11,28H2,1-2H3,(H,31,33). The Balaban J connectivity index is 1.61. The molecule has 0 aliphatic carbocycles. The van der Waals surface area contributed by atoms with Crippen molar-refractivity contribution in [3.05, 3.63) is 70.2 Å². The van der Waals surface area contributed by atoms with E-state index in [2.05, 4.69) is 14.7 Å². The number of carbonyl (C=O) groups is 1. The summed E-state index contributed by atoms with van der Waals surface area (Å²) in [6, 6.07) is 5.86. The van der Waals surface area contributed by atoms with Crippen molar-refractivity contribution >= 4 is 23.3 Å². The van der Waals surface area contributed by atoms with Gasteiger partial charge in [0.25, 0.3) is 0 Å². The van der Waals surface area contributed by atoms with Gasteiger partial charge in [0.2, 0.25) is 0 Å². The summed E-state index contributed by atoms with van der Waals surface area (Å²) in [4.78, 5) is 19.0. The largest absolute Gasteiger partial charge is 0.495 e. The van der Waals surface area contributed by atoms with E-state index >= 15 is 0 Å². The van der Waals surface area contributed by atoms with E-state index in [0.717, 1.165) is 6.07 Å². The molecule has 35 heavy (non-hydrogen) atoms. The van der Waals surface area contributed by atoms with Gasteiger partial charge in [-0.3, -0.25) is 0 Å². The fraction of sp³-hybridized carbons (Fsp3) is 0.348. The molecule has 0 bridgehead atoms. The highest BCUT2D eigenvalue weighted by molar-refractivity contribution is 7.05. The number of likely N-dealkylation sites (tertiary alicyclic amines) is 1. The minimum absolute atomic E-state index is 0.0597. The molecule has 2 amide bonds. The molecule has 2 aromatic carbocycles. The van der Waals surface area contributed by atoms with Crippen LogP contribution < -0.4 is 15.8 Å². The van der Waals surface area contributed by atoms with Crippen molar-refractivity contribution in [3.8, 4) is 5.75 Å². The average molecular weight is 510 g/mol. The fourth-order valence-electron chi connectivity index (χ4n) is 4.19. The number of alkyl halides is 3. The van der Waals surface area contributed by atoms with Crippen molar-refractivity contribution in [2.24, 2.45) is 5.73 Å². The lowest BCUT2D eigenvalue weighted by Crippen LogP contribution is -2.37. The molecule has 2 heterocycles. The molecular formula is C23H23F4N5O2S. The number of nitrogens with zero attached hydrogens (tertiary/aromatic N) is 3. The summed E-state index contributed by atoms with van der Waals surface area (Å²) in [6.45, 7) is 2.16. The summed E-state index contributed by atoms with van der Waals surface area (Å²) in [6.07, 6.45) is -2.76. The highest BCUT2D eigenvalue weighted by Crippen LogP contribution is 2.42. The summed E-state index contributed by atoms with van der Waals surface area (Å²) in [5.41, 5.74) is 5.58. The number of anilines is 1. The van der Waals surface area contributed by atoms with Crippen LogP contribution in [0.5, 0.6) is 5.75 Å². The molecule has 12 heteroatoms. The molecule has 1 saturated heterocycles. The van der Waals surface area contributed by atoms with Gasteiger partial charge < -0.3 is 20.7 Å². The summed E-state index contributed by atoms with van der Waals surface area (Å²) < 4.78 is 63.0. The molecule has 0 saturated carbocycles. The van der Waals surface area contributed by atoms with Crippen LogP contribution in [0.25, 0.3) is 0 Å². The number of nitrogens with one attached hydrogen (secondary N) is 1. The van der Waals surface area contributed by atoms with Crippen LogP contribution >= 0.6 is 11.5 Å². The maximum absolute atomic E-state index is 14.4. The van der Waals surface area contributed by atoms with Crippen molar-refractivity contribution in [3.63, 3.8) is 0 Å². The minimum Gasteiger partial charge on any atom is -0.495 e. The van der Waals surface area contributed by atoms with E-state index < -0.39 is 23.7 Å². The SMILES string of the molecule is COc1ccc(C(N)C(F)(F)F)cc1NC(=O)N1CCC(c2ccc(C)c(F)c2)(c2ncns2)C1. The van der Waals surface area contributed by atoms with Crippen molar-refractivity contribution in [1.29, 1.82) is 0 Å². The first-order valence-electron chi connectivity index (χ1n) is 10.6. The van der Waals surface area contributed by atoms with Crippen LogP contribution in [0.1, 0.15) is 34.2 Å². The Morgan fingerprint density at radius 3 is 2.69 bits per heavy atom. The average Bonchev–Trinajstić information content (AvgIpc) is 3.51. The number of ether oxygens (including phenoxy) is 1. The highest BCUT2D eigenvalue weighted by atomic mass is 32.1. The fourth-order valence-corrected chi connectivity index (χ4v) is 4.94. The van der Waals surface area contributed by atoms with Crippen LogP contribution in [0.2, 0.25) is 0 Å². The van der Waals surface area contributed by atoms with Crippen LogP contribution in [0.3, 0.4) is 0 Å². The predicted molar refractivity (Wildman–Crippen MR) is 123 cm³/mol. The molecule has 1 aliphatic heterocycles. The summed E-state index contributed by atoms with van der Waals surface area (Å²) in [5.74, 6) is -0.177. The van der Waals surface area contributed by atoms with Crippen LogP contribution in [0.4, 0.5) is 28.0 Å². The zero-order valence-electron chi connectivity index (χ0n) is 18.9. The molecule has 0 radical (unpaired) electrons. The van der Waals surface area contributed by atoms with Gasteiger partial charge in [-0.1, -0.05) is 18.2 Å². The molecule has 2 atom stereocenters. The highest BCUT2D eigenvalue weighted by Gasteiger charge is 2.45. The molecule has 3 aromatic rings. The number of aryl methyl sites for hydroxylation is 1. The number of halogens is 4. The van der Waals surface area contributed by atoms with E-state index in [1.54, 1.807) is 13.0 Å². The van der Waals surface area contributed by atoms with Crippen molar-refractivity contribution in [2.45, 2.75) is 31.0 Å². The van der Waals surface area contributed by atoms with Gasteiger partial charge in [-0.25, -0.2) is 14.2 Å². The first-order valence-corrected chi connectivity index (χ1v) is 11.4. The number of hydrogen-bond donors (Lipinski definition) is 2. The van der Waals surface area contributed by atoms with Gasteiger partial charge in [0.05, 0.1) is 18.2 Å². The monoisotopic (exact) mass is 509 g/mol. The number of urea groups is 1. The number of hydrogen-bond acceptors (Lipinski definition) is 6. The Morgan fingerprint density at radius 1 is 1.29 bits per heavy atom. The topological polar surface area (TPSA) is 93.4 Å². The second kappa shape index (κ2) is 9.42. The number of methoxy groups -OCH3 is 1. The molecule has 1 aromatic heterocycles. The maximum Gasteiger partial charge on any atom is 0.407 e. The molecular weight excluding hydrogens is 486 g/mol. The van der Waals surface area contributed by atoms with E-state index in [1.165, 1.54) is 48.1 Å². The zero-order valence-corrected chi connectivity index (χ0v) is 19.7. The molecule has 7 nitrogen and oxygen atoms in total. The molecule has 1 aliphatic rings. The second-order valence-electron chi connectivity index (χ2n) is 8.37. The van der Waals surface area contributed by atoms with Gasteiger partial charge in [0, 0.05) is 13.1 Å². The normalized spacial score (nSPS) is 19.0. The van der Waals surface area contributed by atoms with Crippen LogP contribution in [0.15, 0.2) is 42.7 Å². The van der Waals surface area contributed by atoms with Crippen molar-refractivity contribution in [2.75, 3.05) is 25.5 Å². The first kappa shape index (κ1) is 24.9. The van der Waals surface area contributed by atoms with Crippen LogP contribution in [-0.4, -0.2) is 46.7 Å². The van der Waals surface area contributed by atoms with Gasteiger partial charge in [0.15, 0.2) is 0 Å². The molecule has 1 fully saturated rings. The van der Waals surface area contributed by atoms with Crippen LogP contribution in [-0.2, 0) is 5.41 Å². The lowest BCUT2D eigenvalue weighted by atomic mass is 9.80. The van der Waals surface area contributed by atoms with Gasteiger partial charge in [-0.2, -0.15) is 17.5 Å². The van der Waals surface area contributed by atoms with E-state index in [1.807, 2.05) is 6.07 Å². The summed E-state index contributed by atoms with van der Waals surface area (Å²) >= 11 is 1.17. The lowest BCUT2D eigenvalue weighted by Gasteiger charge is -2.28.